The average Bonchev–Trinajstić information content (AvgIpc) is 3.05. The van der Waals surface area contributed by atoms with Crippen LogP contribution in [0.2, 0.25) is 0 Å². The second kappa shape index (κ2) is 7.57. The summed E-state index contributed by atoms with van der Waals surface area (Å²) in [6.45, 7) is 6.78. The number of nitrogens with zero attached hydrogens (tertiary/aromatic N) is 1. The fourth-order valence-electron chi connectivity index (χ4n) is 3.00. The Kier molecular flexibility index (Phi) is 5.76. The van der Waals surface area contributed by atoms with Crippen molar-refractivity contribution >= 4 is 5.91 Å². The van der Waals surface area contributed by atoms with E-state index in [1.54, 1.807) is 0 Å². The van der Waals surface area contributed by atoms with Gasteiger partial charge in [0.2, 0.25) is 5.91 Å². The van der Waals surface area contributed by atoms with E-state index in [9.17, 15) is 4.79 Å². The first-order chi connectivity index (χ1) is 10.1. The van der Waals surface area contributed by atoms with Gasteiger partial charge in [0.1, 0.15) is 0 Å². The first-order valence-corrected chi connectivity index (χ1v) is 7.96. The van der Waals surface area contributed by atoms with Crippen LogP contribution < -0.4 is 11.1 Å². The van der Waals surface area contributed by atoms with Crippen molar-refractivity contribution < 1.29 is 4.79 Å². The molecule has 0 bridgehead atoms. The number of benzene rings is 1. The Hall–Kier alpha value is -1.39. The van der Waals surface area contributed by atoms with Crippen molar-refractivity contribution in [2.75, 3.05) is 19.6 Å². The molecule has 3 atom stereocenters. The summed E-state index contributed by atoms with van der Waals surface area (Å²) in [4.78, 5) is 14.9. The minimum absolute atomic E-state index is 0.182. The van der Waals surface area contributed by atoms with Crippen LogP contribution in [0, 0.1) is 5.92 Å². The zero-order valence-electron chi connectivity index (χ0n) is 13.1. The maximum atomic E-state index is 12.9. The van der Waals surface area contributed by atoms with E-state index in [1.807, 2.05) is 42.2 Å². The van der Waals surface area contributed by atoms with Crippen LogP contribution in [0.3, 0.4) is 0 Å². The Morgan fingerprint density at radius 2 is 2.14 bits per heavy atom. The molecule has 4 nitrogen and oxygen atoms in total. The second-order valence-electron chi connectivity index (χ2n) is 5.90. The molecule has 1 heterocycles. The van der Waals surface area contributed by atoms with Crippen molar-refractivity contribution in [3.05, 3.63) is 35.9 Å². The molecule has 1 amide bonds. The van der Waals surface area contributed by atoms with Gasteiger partial charge in [-0.05, 0) is 24.9 Å². The Morgan fingerprint density at radius 3 is 2.71 bits per heavy atom. The molecule has 1 aliphatic rings. The van der Waals surface area contributed by atoms with E-state index in [4.69, 9.17) is 5.73 Å². The lowest BCUT2D eigenvalue weighted by molar-refractivity contribution is -0.137. The highest BCUT2D eigenvalue weighted by Gasteiger charge is 2.31. The van der Waals surface area contributed by atoms with Gasteiger partial charge in [0.05, 0.1) is 5.92 Å². The molecule has 3 unspecified atom stereocenters. The summed E-state index contributed by atoms with van der Waals surface area (Å²) < 4.78 is 0. The SMILES string of the molecule is CCCN(C(=O)C(C)C(N)c1ccccc1)C1CCNC1. The van der Waals surface area contributed by atoms with Gasteiger partial charge in [-0.25, -0.2) is 0 Å². The molecule has 0 aromatic heterocycles. The maximum Gasteiger partial charge on any atom is 0.227 e. The third-order valence-electron chi connectivity index (χ3n) is 4.34. The summed E-state index contributed by atoms with van der Waals surface area (Å²) in [6, 6.07) is 9.98. The van der Waals surface area contributed by atoms with Crippen LogP contribution in [-0.2, 0) is 4.79 Å². The predicted molar refractivity (Wildman–Crippen MR) is 85.8 cm³/mol. The molecule has 1 saturated heterocycles. The second-order valence-corrected chi connectivity index (χ2v) is 5.90. The van der Waals surface area contributed by atoms with Crippen LogP contribution in [0.25, 0.3) is 0 Å². The van der Waals surface area contributed by atoms with E-state index in [1.165, 1.54) is 0 Å². The van der Waals surface area contributed by atoms with Crippen LogP contribution >= 0.6 is 0 Å². The summed E-state index contributed by atoms with van der Waals surface area (Å²) in [5.74, 6) is -0.0125. The molecule has 0 radical (unpaired) electrons. The van der Waals surface area contributed by atoms with Gasteiger partial charge >= 0.3 is 0 Å². The van der Waals surface area contributed by atoms with Crippen molar-refractivity contribution in [2.45, 2.75) is 38.8 Å². The Bertz CT molecular complexity index is 443. The smallest absolute Gasteiger partial charge is 0.227 e. The lowest BCUT2D eigenvalue weighted by atomic mass is 9.93. The zero-order valence-corrected chi connectivity index (χ0v) is 13.1. The van der Waals surface area contributed by atoms with E-state index in [0.29, 0.717) is 6.04 Å². The third kappa shape index (κ3) is 3.83. The molecule has 1 aromatic carbocycles. The van der Waals surface area contributed by atoms with Crippen LogP contribution in [0.5, 0.6) is 0 Å². The topological polar surface area (TPSA) is 58.4 Å². The molecular weight excluding hydrogens is 262 g/mol. The normalized spacial score (nSPS) is 21.0. The molecule has 0 aliphatic carbocycles. The van der Waals surface area contributed by atoms with Crippen molar-refractivity contribution in [1.82, 2.24) is 10.2 Å². The van der Waals surface area contributed by atoms with Crippen molar-refractivity contribution in [3.63, 3.8) is 0 Å². The Balaban J connectivity index is 2.08. The van der Waals surface area contributed by atoms with E-state index in [2.05, 4.69) is 12.2 Å². The quantitative estimate of drug-likeness (QED) is 0.841. The van der Waals surface area contributed by atoms with Gasteiger partial charge in [-0.1, -0.05) is 44.2 Å². The number of nitrogens with one attached hydrogen (secondary N) is 1. The maximum absolute atomic E-state index is 12.9. The van der Waals surface area contributed by atoms with E-state index in [-0.39, 0.29) is 17.9 Å². The van der Waals surface area contributed by atoms with E-state index in [0.717, 1.165) is 38.0 Å². The molecule has 2 rings (SSSR count). The average molecular weight is 289 g/mol. The summed E-state index contributed by atoms with van der Waals surface area (Å²) >= 11 is 0. The molecule has 116 valence electrons. The van der Waals surface area contributed by atoms with Crippen molar-refractivity contribution in [2.24, 2.45) is 11.7 Å². The van der Waals surface area contributed by atoms with Gasteiger partial charge in [-0.15, -0.1) is 0 Å². The Morgan fingerprint density at radius 1 is 1.43 bits per heavy atom. The van der Waals surface area contributed by atoms with E-state index >= 15 is 0 Å². The Labute approximate surface area is 127 Å². The van der Waals surface area contributed by atoms with Gasteiger partial charge < -0.3 is 16.0 Å². The van der Waals surface area contributed by atoms with Gasteiger partial charge in [-0.3, -0.25) is 4.79 Å². The first-order valence-electron chi connectivity index (χ1n) is 7.96. The predicted octanol–water partition coefficient (Wildman–Crippen LogP) is 1.92. The van der Waals surface area contributed by atoms with Gasteiger partial charge in [0.15, 0.2) is 0 Å². The zero-order chi connectivity index (χ0) is 15.2. The number of carbonyl (C=O) groups is 1. The van der Waals surface area contributed by atoms with Gasteiger partial charge in [0.25, 0.3) is 0 Å². The third-order valence-corrected chi connectivity index (χ3v) is 4.34. The molecule has 21 heavy (non-hydrogen) atoms. The first kappa shape index (κ1) is 16.0. The van der Waals surface area contributed by atoms with Crippen LogP contribution in [0.4, 0.5) is 0 Å². The van der Waals surface area contributed by atoms with Gasteiger partial charge in [0, 0.05) is 25.2 Å². The molecule has 0 saturated carbocycles. The van der Waals surface area contributed by atoms with Gasteiger partial charge in [-0.2, -0.15) is 0 Å². The monoisotopic (exact) mass is 289 g/mol. The molecule has 1 fully saturated rings. The number of hydrogen-bond donors (Lipinski definition) is 2. The summed E-state index contributed by atoms with van der Waals surface area (Å²) in [5.41, 5.74) is 7.34. The summed E-state index contributed by atoms with van der Waals surface area (Å²) in [6.07, 6.45) is 2.02. The molecule has 4 heteroatoms. The number of amides is 1. The number of carbonyl (C=O) groups excluding carboxylic acids is 1. The fourth-order valence-corrected chi connectivity index (χ4v) is 3.00. The number of hydrogen-bond acceptors (Lipinski definition) is 3. The van der Waals surface area contributed by atoms with Crippen LogP contribution in [-0.4, -0.2) is 36.5 Å². The van der Waals surface area contributed by atoms with Crippen LogP contribution in [0.15, 0.2) is 30.3 Å². The standard InChI is InChI=1S/C17H27N3O/c1-3-11-20(15-9-10-19-12-15)17(21)13(2)16(18)14-7-5-4-6-8-14/h4-8,13,15-16,19H,3,9-12,18H2,1-2H3. The largest absolute Gasteiger partial charge is 0.338 e. The highest BCUT2D eigenvalue weighted by molar-refractivity contribution is 5.80. The fraction of sp³-hybridized carbons (Fsp3) is 0.588. The lowest BCUT2D eigenvalue weighted by Gasteiger charge is -2.32. The van der Waals surface area contributed by atoms with Crippen molar-refractivity contribution in [3.8, 4) is 0 Å². The lowest BCUT2D eigenvalue weighted by Crippen LogP contribution is -2.46. The van der Waals surface area contributed by atoms with E-state index < -0.39 is 0 Å². The number of rotatable bonds is 6. The highest BCUT2D eigenvalue weighted by atomic mass is 16.2. The summed E-state index contributed by atoms with van der Waals surface area (Å²) in [5, 5.41) is 3.34. The molecule has 1 aromatic rings. The van der Waals surface area contributed by atoms with Crippen LogP contribution in [0.1, 0.15) is 38.3 Å². The molecule has 3 N–H and O–H groups in total. The molecule has 0 spiro atoms. The molecule has 1 aliphatic heterocycles. The highest BCUT2D eigenvalue weighted by Crippen LogP contribution is 2.23. The van der Waals surface area contributed by atoms with Crippen molar-refractivity contribution in [1.29, 1.82) is 0 Å². The summed E-state index contributed by atoms with van der Waals surface area (Å²) in [7, 11) is 0. The molecular formula is C17H27N3O. The minimum Gasteiger partial charge on any atom is -0.338 e. The minimum atomic E-state index is -0.243. The number of nitrogens with two attached hydrogens (primary N) is 1.